The van der Waals surface area contributed by atoms with E-state index < -0.39 is 5.97 Å². The maximum absolute atomic E-state index is 10.5. The molecule has 0 aromatic heterocycles. The standard InChI is InChI=1S/C10H18O3/c1-9(2,3)10(6-13-7-10)5-4-8(11)12/h4-7H2,1-3H3,(H,11,12). The second kappa shape index (κ2) is 3.29. The molecule has 13 heavy (non-hydrogen) atoms. The van der Waals surface area contributed by atoms with Crippen molar-refractivity contribution >= 4 is 5.97 Å². The SMILES string of the molecule is CC(C)(C)C1(CCC(=O)O)COC1. The molecule has 3 nitrogen and oxygen atoms in total. The van der Waals surface area contributed by atoms with Crippen LogP contribution >= 0.6 is 0 Å². The van der Waals surface area contributed by atoms with Crippen LogP contribution in [0.5, 0.6) is 0 Å². The van der Waals surface area contributed by atoms with E-state index in [0.717, 1.165) is 6.42 Å². The van der Waals surface area contributed by atoms with Crippen LogP contribution in [0, 0.1) is 10.8 Å². The van der Waals surface area contributed by atoms with E-state index in [-0.39, 0.29) is 17.3 Å². The number of hydrogen-bond donors (Lipinski definition) is 1. The molecule has 1 fully saturated rings. The van der Waals surface area contributed by atoms with Gasteiger partial charge in [-0.1, -0.05) is 20.8 Å². The first kappa shape index (κ1) is 10.5. The summed E-state index contributed by atoms with van der Waals surface area (Å²) in [7, 11) is 0. The number of rotatable bonds is 3. The van der Waals surface area contributed by atoms with Crippen molar-refractivity contribution in [2.45, 2.75) is 33.6 Å². The normalized spacial score (nSPS) is 20.8. The van der Waals surface area contributed by atoms with E-state index in [1.165, 1.54) is 0 Å². The maximum atomic E-state index is 10.5. The summed E-state index contributed by atoms with van der Waals surface area (Å²) in [5.41, 5.74) is 0.228. The lowest BCUT2D eigenvalue weighted by atomic mass is 9.63. The average molecular weight is 186 g/mol. The Hall–Kier alpha value is -0.570. The Morgan fingerprint density at radius 1 is 1.46 bits per heavy atom. The number of carboxylic acid groups (broad SMARTS) is 1. The molecular formula is C10H18O3. The molecule has 0 amide bonds. The van der Waals surface area contributed by atoms with Crippen molar-refractivity contribution in [3.05, 3.63) is 0 Å². The fourth-order valence-electron chi connectivity index (χ4n) is 1.65. The predicted octanol–water partition coefficient (Wildman–Crippen LogP) is 1.91. The molecule has 0 aromatic carbocycles. The summed E-state index contributed by atoms with van der Waals surface area (Å²) in [6.45, 7) is 7.87. The van der Waals surface area contributed by atoms with Crippen molar-refractivity contribution in [2.75, 3.05) is 13.2 Å². The minimum absolute atomic E-state index is 0.0887. The average Bonchev–Trinajstić information content (AvgIpc) is 1.80. The molecular weight excluding hydrogens is 168 g/mol. The third-order valence-electron chi connectivity index (χ3n) is 3.17. The van der Waals surface area contributed by atoms with Crippen molar-refractivity contribution in [2.24, 2.45) is 10.8 Å². The third-order valence-corrected chi connectivity index (χ3v) is 3.17. The van der Waals surface area contributed by atoms with E-state index >= 15 is 0 Å². The highest BCUT2D eigenvalue weighted by molar-refractivity contribution is 5.66. The molecule has 76 valence electrons. The Morgan fingerprint density at radius 2 is 2.00 bits per heavy atom. The molecule has 0 atom stereocenters. The van der Waals surface area contributed by atoms with Gasteiger partial charge in [0.2, 0.25) is 0 Å². The Balaban J connectivity index is 2.55. The van der Waals surface area contributed by atoms with Crippen molar-refractivity contribution in [3.8, 4) is 0 Å². The van der Waals surface area contributed by atoms with Gasteiger partial charge in [0, 0.05) is 11.8 Å². The van der Waals surface area contributed by atoms with E-state index in [2.05, 4.69) is 20.8 Å². The molecule has 1 N–H and O–H groups in total. The number of carboxylic acids is 1. The van der Waals surface area contributed by atoms with Gasteiger partial charge in [0.15, 0.2) is 0 Å². The van der Waals surface area contributed by atoms with Crippen LogP contribution in [0.2, 0.25) is 0 Å². The van der Waals surface area contributed by atoms with Gasteiger partial charge in [-0.15, -0.1) is 0 Å². The molecule has 1 rings (SSSR count). The van der Waals surface area contributed by atoms with Crippen LogP contribution in [0.15, 0.2) is 0 Å². The second-order valence-electron chi connectivity index (χ2n) is 4.92. The molecule has 1 aliphatic rings. The van der Waals surface area contributed by atoms with Crippen LogP contribution in [0.1, 0.15) is 33.6 Å². The van der Waals surface area contributed by atoms with Gasteiger partial charge in [-0.25, -0.2) is 0 Å². The molecule has 1 aliphatic heterocycles. The number of carbonyl (C=O) groups is 1. The van der Waals surface area contributed by atoms with E-state index in [9.17, 15) is 4.79 Å². The van der Waals surface area contributed by atoms with E-state index in [0.29, 0.717) is 13.2 Å². The van der Waals surface area contributed by atoms with Gasteiger partial charge in [0.05, 0.1) is 13.2 Å². The predicted molar refractivity (Wildman–Crippen MR) is 49.6 cm³/mol. The van der Waals surface area contributed by atoms with Gasteiger partial charge in [-0.2, -0.15) is 0 Å². The van der Waals surface area contributed by atoms with Gasteiger partial charge in [0.1, 0.15) is 0 Å². The molecule has 0 aliphatic carbocycles. The first-order chi connectivity index (χ1) is 5.87. The highest BCUT2D eigenvalue weighted by atomic mass is 16.5. The molecule has 1 saturated heterocycles. The number of hydrogen-bond acceptors (Lipinski definition) is 2. The monoisotopic (exact) mass is 186 g/mol. The summed E-state index contributed by atoms with van der Waals surface area (Å²) in [5.74, 6) is -0.712. The van der Waals surface area contributed by atoms with Crippen LogP contribution < -0.4 is 0 Å². The highest BCUT2D eigenvalue weighted by Gasteiger charge is 2.47. The zero-order chi connectivity index (χ0) is 10.1. The molecule has 0 unspecified atom stereocenters. The molecule has 0 aromatic rings. The quantitative estimate of drug-likeness (QED) is 0.732. The molecule has 0 saturated carbocycles. The zero-order valence-corrected chi connectivity index (χ0v) is 8.59. The zero-order valence-electron chi connectivity index (χ0n) is 8.59. The molecule has 0 radical (unpaired) electrons. The summed E-state index contributed by atoms with van der Waals surface area (Å²) < 4.78 is 5.20. The summed E-state index contributed by atoms with van der Waals surface area (Å²) in [6.07, 6.45) is 0.979. The summed E-state index contributed by atoms with van der Waals surface area (Å²) >= 11 is 0. The number of aliphatic carboxylic acids is 1. The summed E-state index contributed by atoms with van der Waals surface area (Å²) in [4.78, 5) is 10.5. The van der Waals surface area contributed by atoms with Crippen LogP contribution in [-0.4, -0.2) is 24.3 Å². The second-order valence-corrected chi connectivity index (χ2v) is 4.92. The van der Waals surface area contributed by atoms with Crippen molar-refractivity contribution in [3.63, 3.8) is 0 Å². The maximum Gasteiger partial charge on any atom is 0.303 e. The fourth-order valence-corrected chi connectivity index (χ4v) is 1.65. The lowest BCUT2D eigenvalue weighted by molar-refractivity contribution is -0.177. The Labute approximate surface area is 79.1 Å². The molecule has 3 heteroatoms. The van der Waals surface area contributed by atoms with Gasteiger partial charge in [-0.3, -0.25) is 4.79 Å². The van der Waals surface area contributed by atoms with E-state index in [4.69, 9.17) is 9.84 Å². The van der Waals surface area contributed by atoms with E-state index in [1.807, 2.05) is 0 Å². The molecule has 0 spiro atoms. The van der Waals surface area contributed by atoms with Crippen LogP contribution in [0.25, 0.3) is 0 Å². The van der Waals surface area contributed by atoms with Crippen molar-refractivity contribution in [1.82, 2.24) is 0 Å². The summed E-state index contributed by atoms with van der Waals surface area (Å²) in [6, 6.07) is 0. The summed E-state index contributed by atoms with van der Waals surface area (Å²) in [5, 5.41) is 8.62. The fraction of sp³-hybridized carbons (Fsp3) is 0.900. The van der Waals surface area contributed by atoms with Crippen molar-refractivity contribution in [1.29, 1.82) is 0 Å². The highest BCUT2D eigenvalue weighted by Crippen LogP contribution is 2.47. The number of ether oxygens (including phenoxy) is 1. The Bertz CT molecular complexity index is 199. The van der Waals surface area contributed by atoms with E-state index in [1.54, 1.807) is 0 Å². The van der Waals surface area contributed by atoms with Gasteiger partial charge >= 0.3 is 5.97 Å². The van der Waals surface area contributed by atoms with Gasteiger partial charge in [-0.05, 0) is 11.8 Å². The minimum atomic E-state index is -0.712. The van der Waals surface area contributed by atoms with Gasteiger partial charge in [0.25, 0.3) is 0 Å². The topological polar surface area (TPSA) is 46.5 Å². The first-order valence-electron chi connectivity index (χ1n) is 4.67. The van der Waals surface area contributed by atoms with Crippen LogP contribution in [0.3, 0.4) is 0 Å². The third kappa shape index (κ3) is 2.02. The van der Waals surface area contributed by atoms with Crippen LogP contribution in [-0.2, 0) is 9.53 Å². The smallest absolute Gasteiger partial charge is 0.303 e. The molecule has 1 heterocycles. The van der Waals surface area contributed by atoms with Gasteiger partial charge < -0.3 is 9.84 Å². The largest absolute Gasteiger partial charge is 0.481 e. The lowest BCUT2D eigenvalue weighted by Gasteiger charge is -2.51. The first-order valence-corrected chi connectivity index (χ1v) is 4.67. The van der Waals surface area contributed by atoms with Crippen LogP contribution in [0.4, 0.5) is 0 Å². The Kier molecular flexibility index (Phi) is 2.66. The minimum Gasteiger partial charge on any atom is -0.481 e. The Morgan fingerprint density at radius 3 is 2.23 bits per heavy atom. The lowest BCUT2D eigenvalue weighted by Crippen LogP contribution is -2.52. The van der Waals surface area contributed by atoms with Crippen molar-refractivity contribution < 1.29 is 14.6 Å². The molecule has 0 bridgehead atoms.